The van der Waals surface area contributed by atoms with Crippen LogP contribution in [-0.2, 0) is 6.54 Å². The van der Waals surface area contributed by atoms with E-state index in [1.54, 1.807) is 7.05 Å². The van der Waals surface area contributed by atoms with Crippen LogP contribution in [0, 0.1) is 0 Å². The summed E-state index contributed by atoms with van der Waals surface area (Å²) in [5.41, 5.74) is 1.05. The van der Waals surface area contributed by atoms with Gasteiger partial charge in [0.1, 0.15) is 11.3 Å². The molecule has 134 valence electrons. The predicted molar refractivity (Wildman–Crippen MR) is 112 cm³/mol. The van der Waals surface area contributed by atoms with Crippen molar-refractivity contribution in [3.8, 4) is 0 Å². The van der Waals surface area contributed by atoms with Gasteiger partial charge < -0.3 is 20.0 Å². The molecule has 0 fully saturated rings. The summed E-state index contributed by atoms with van der Waals surface area (Å²) in [6.07, 6.45) is 0. The van der Waals surface area contributed by atoms with E-state index in [-0.39, 0.29) is 29.5 Å². The van der Waals surface area contributed by atoms with Crippen molar-refractivity contribution in [2.45, 2.75) is 32.9 Å². The van der Waals surface area contributed by atoms with Gasteiger partial charge in [-0.25, -0.2) is 0 Å². The molecular formula is C18H29IN4O. The van der Waals surface area contributed by atoms with Gasteiger partial charge in [0.25, 0.3) is 0 Å². The minimum absolute atomic E-state index is 0. The Bertz CT molecular complexity index is 627. The highest BCUT2D eigenvalue weighted by atomic mass is 127. The minimum Gasteiger partial charge on any atom is -0.459 e. The van der Waals surface area contributed by atoms with E-state index in [0.29, 0.717) is 6.54 Å². The Kier molecular flexibility index (Phi) is 8.02. The van der Waals surface area contributed by atoms with E-state index in [4.69, 9.17) is 4.42 Å². The number of para-hydroxylation sites is 1. The van der Waals surface area contributed by atoms with Gasteiger partial charge in [0.2, 0.25) is 0 Å². The number of guanidine groups is 1. The highest BCUT2D eigenvalue weighted by Gasteiger charge is 2.11. The van der Waals surface area contributed by atoms with Crippen LogP contribution < -0.4 is 10.6 Å². The topological polar surface area (TPSA) is 52.8 Å². The van der Waals surface area contributed by atoms with Crippen LogP contribution in [0.5, 0.6) is 0 Å². The average Bonchev–Trinajstić information content (AvgIpc) is 2.88. The Morgan fingerprint density at radius 1 is 1.21 bits per heavy atom. The smallest absolute Gasteiger partial charge is 0.193 e. The number of benzene rings is 1. The van der Waals surface area contributed by atoms with Gasteiger partial charge in [-0.05, 0) is 32.9 Å². The molecule has 0 saturated heterocycles. The molecule has 2 rings (SSSR count). The van der Waals surface area contributed by atoms with Crippen molar-refractivity contribution in [3.63, 3.8) is 0 Å². The summed E-state index contributed by atoms with van der Waals surface area (Å²) in [5.74, 6) is 1.80. The van der Waals surface area contributed by atoms with E-state index < -0.39 is 0 Å². The molecule has 0 bridgehead atoms. The van der Waals surface area contributed by atoms with E-state index >= 15 is 0 Å². The lowest BCUT2D eigenvalue weighted by Crippen LogP contribution is -2.44. The molecule has 5 nitrogen and oxygen atoms in total. The fourth-order valence-corrected chi connectivity index (χ4v) is 2.42. The number of fused-ring (bicyclic) bond motifs is 1. The molecule has 0 spiro atoms. The molecule has 0 amide bonds. The zero-order valence-corrected chi connectivity index (χ0v) is 17.5. The first kappa shape index (κ1) is 20.8. The van der Waals surface area contributed by atoms with Gasteiger partial charge in [-0.3, -0.25) is 4.99 Å². The Balaban J connectivity index is 0.00000288. The summed E-state index contributed by atoms with van der Waals surface area (Å²) in [7, 11) is 3.81. The van der Waals surface area contributed by atoms with E-state index in [1.807, 2.05) is 25.2 Å². The summed E-state index contributed by atoms with van der Waals surface area (Å²) < 4.78 is 5.87. The lowest BCUT2D eigenvalue weighted by Gasteiger charge is -2.23. The summed E-state index contributed by atoms with van der Waals surface area (Å²) >= 11 is 0. The lowest BCUT2D eigenvalue weighted by molar-refractivity contribution is 0.404. The molecule has 1 aromatic heterocycles. The summed E-state index contributed by atoms with van der Waals surface area (Å²) in [4.78, 5) is 6.40. The summed E-state index contributed by atoms with van der Waals surface area (Å²) in [6, 6.07) is 10.1. The van der Waals surface area contributed by atoms with Crippen LogP contribution in [0.15, 0.2) is 39.7 Å². The largest absolute Gasteiger partial charge is 0.459 e. The second kappa shape index (κ2) is 9.27. The van der Waals surface area contributed by atoms with E-state index in [0.717, 1.165) is 35.8 Å². The first-order valence-corrected chi connectivity index (χ1v) is 8.03. The molecule has 24 heavy (non-hydrogen) atoms. The molecule has 0 aliphatic rings. The van der Waals surface area contributed by atoms with Gasteiger partial charge in [-0.15, -0.1) is 24.0 Å². The van der Waals surface area contributed by atoms with Crippen LogP contribution in [0.2, 0.25) is 0 Å². The molecule has 1 aromatic carbocycles. The molecule has 2 aromatic rings. The average molecular weight is 444 g/mol. The fourth-order valence-electron chi connectivity index (χ4n) is 2.42. The van der Waals surface area contributed by atoms with Crippen LogP contribution >= 0.6 is 24.0 Å². The van der Waals surface area contributed by atoms with Crippen molar-refractivity contribution in [3.05, 3.63) is 36.1 Å². The maximum absolute atomic E-state index is 5.87. The standard InChI is InChI=1S/C18H28N4O.HI/c1-18(2,3)21-11-10-20-17(19-4)22(5)13-15-12-14-8-6-7-9-16(14)23-15;/h6-9,12,21H,10-11,13H2,1-5H3,(H,19,20);1H. The second-order valence-corrected chi connectivity index (χ2v) is 6.76. The second-order valence-electron chi connectivity index (χ2n) is 6.76. The van der Waals surface area contributed by atoms with Crippen molar-refractivity contribution < 1.29 is 4.42 Å². The van der Waals surface area contributed by atoms with Gasteiger partial charge in [0.05, 0.1) is 6.54 Å². The zero-order chi connectivity index (χ0) is 16.9. The molecule has 0 aliphatic heterocycles. The molecule has 1 heterocycles. The Morgan fingerprint density at radius 2 is 1.92 bits per heavy atom. The number of rotatable bonds is 5. The number of aliphatic imine (C=N–C) groups is 1. The third kappa shape index (κ3) is 6.32. The fraction of sp³-hybridized carbons (Fsp3) is 0.500. The monoisotopic (exact) mass is 444 g/mol. The number of hydrogen-bond acceptors (Lipinski definition) is 3. The number of hydrogen-bond donors (Lipinski definition) is 2. The molecule has 0 unspecified atom stereocenters. The molecule has 2 N–H and O–H groups in total. The number of halogens is 1. The molecule has 6 heteroatoms. The van der Waals surface area contributed by atoms with Gasteiger partial charge in [-0.1, -0.05) is 18.2 Å². The SMILES string of the molecule is CN=C(NCCNC(C)(C)C)N(C)Cc1cc2ccccc2o1.I. The van der Waals surface area contributed by atoms with E-state index in [9.17, 15) is 0 Å². The van der Waals surface area contributed by atoms with E-state index in [1.165, 1.54) is 0 Å². The number of furan rings is 1. The molecule has 0 atom stereocenters. The van der Waals surface area contributed by atoms with Gasteiger partial charge in [0, 0.05) is 38.1 Å². The lowest BCUT2D eigenvalue weighted by atomic mass is 10.1. The Labute approximate surface area is 161 Å². The summed E-state index contributed by atoms with van der Waals surface area (Å²) in [5, 5.41) is 7.95. The van der Waals surface area contributed by atoms with Crippen LogP contribution in [-0.4, -0.2) is 43.6 Å². The highest BCUT2D eigenvalue weighted by Crippen LogP contribution is 2.19. The molecule has 0 radical (unpaired) electrons. The molecular weight excluding hydrogens is 415 g/mol. The minimum atomic E-state index is 0. The number of nitrogens with zero attached hydrogens (tertiary/aromatic N) is 2. The van der Waals surface area contributed by atoms with Gasteiger partial charge in [-0.2, -0.15) is 0 Å². The summed E-state index contributed by atoms with van der Waals surface area (Å²) in [6.45, 7) is 8.89. The maximum atomic E-state index is 5.87. The van der Waals surface area contributed by atoms with Crippen LogP contribution in [0.1, 0.15) is 26.5 Å². The maximum Gasteiger partial charge on any atom is 0.193 e. The number of nitrogens with one attached hydrogen (secondary N) is 2. The van der Waals surface area contributed by atoms with Crippen molar-refractivity contribution in [1.82, 2.24) is 15.5 Å². The van der Waals surface area contributed by atoms with Crippen LogP contribution in [0.4, 0.5) is 0 Å². The van der Waals surface area contributed by atoms with Crippen LogP contribution in [0.25, 0.3) is 11.0 Å². The first-order chi connectivity index (χ1) is 10.9. The van der Waals surface area contributed by atoms with E-state index in [2.05, 4.69) is 53.4 Å². The van der Waals surface area contributed by atoms with Crippen molar-refractivity contribution in [2.75, 3.05) is 27.2 Å². The normalized spacial score (nSPS) is 12.1. The van der Waals surface area contributed by atoms with Crippen LogP contribution in [0.3, 0.4) is 0 Å². The van der Waals surface area contributed by atoms with Crippen molar-refractivity contribution >= 4 is 40.9 Å². The Morgan fingerprint density at radius 3 is 2.54 bits per heavy atom. The first-order valence-electron chi connectivity index (χ1n) is 8.03. The third-order valence-electron chi connectivity index (χ3n) is 3.51. The van der Waals surface area contributed by atoms with Gasteiger partial charge >= 0.3 is 0 Å². The zero-order valence-electron chi connectivity index (χ0n) is 15.2. The van der Waals surface area contributed by atoms with Gasteiger partial charge in [0.15, 0.2) is 5.96 Å². The van der Waals surface area contributed by atoms with Crippen molar-refractivity contribution in [1.29, 1.82) is 0 Å². The van der Waals surface area contributed by atoms with Crippen molar-refractivity contribution in [2.24, 2.45) is 4.99 Å². The molecule has 0 aliphatic carbocycles. The Hall–Kier alpha value is -1.28. The molecule has 0 saturated carbocycles. The third-order valence-corrected chi connectivity index (χ3v) is 3.51. The predicted octanol–water partition coefficient (Wildman–Crippen LogP) is 3.45. The highest BCUT2D eigenvalue weighted by molar-refractivity contribution is 14.0. The quantitative estimate of drug-likeness (QED) is 0.321.